The highest BCUT2D eigenvalue weighted by molar-refractivity contribution is 8.14. The molecular weight excluding hydrogens is 402 g/mol. The van der Waals surface area contributed by atoms with E-state index in [0.29, 0.717) is 24.9 Å². The molecule has 3 rings (SSSR count). The number of aliphatic carboxylic acids is 1. The van der Waals surface area contributed by atoms with Crippen LogP contribution in [0.5, 0.6) is 0 Å². The van der Waals surface area contributed by atoms with Crippen molar-refractivity contribution in [2.75, 3.05) is 6.54 Å². The Morgan fingerprint density at radius 3 is 2.27 bits per heavy atom. The number of carboxylic acids is 1. The van der Waals surface area contributed by atoms with Gasteiger partial charge in [-0.2, -0.15) is 0 Å². The summed E-state index contributed by atoms with van der Waals surface area (Å²) in [7, 11) is 0. The molecule has 0 aliphatic carbocycles. The number of carboxylic acid groups (broad SMARTS) is 1. The van der Waals surface area contributed by atoms with Gasteiger partial charge in [0.2, 0.25) is 5.91 Å². The third kappa shape index (κ3) is 5.16. The molecule has 0 radical (unpaired) electrons. The lowest BCUT2D eigenvalue weighted by molar-refractivity contribution is -0.148. The zero-order valence-electron chi connectivity index (χ0n) is 16.6. The molecule has 0 spiro atoms. The molecular formula is C23H23NO5S. The van der Waals surface area contributed by atoms with Gasteiger partial charge in [0.05, 0.1) is 5.25 Å². The summed E-state index contributed by atoms with van der Waals surface area (Å²) in [4.78, 5) is 50.1. The van der Waals surface area contributed by atoms with E-state index in [9.17, 15) is 24.3 Å². The number of amides is 1. The van der Waals surface area contributed by atoms with E-state index in [0.717, 1.165) is 22.9 Å². The van der Waals surface area contributed by atoms with Gasteiger partial charge < -0.3 is 10.0 Å². The minimum Gasteiger partial charge on any atom is -0.480 e. The number of nitrogens with zero attached hydrogens (tertiary/aromatic N) is 1. The van der Waals surface area contributed by atoms with Gasteiger partial charge in [0.15, 0.2) is 10.9 Å². The van der Waals surface area contributed by atoms with Gasteiger partial charge in [0.25, 0.3) is 0 Å². The number of benzene rings is 2. The van der Waals surface area contributed by atoms with Crippen molar-refractivity contribution in [3.8, 4) is 11.1 Å². The van der Waals surface area contributed by atoms with Gasteiger partial charge in [-0.1, -0.05) is 66.4 Å². The zero-order valence-corrected chi connectivity index (χ0v) is 17.4. The smallest absolute Gasteiger partial charge is 0.326 e. The third-order valence-corrected chi connectivity index (χ3v) is 6.09. The summed E-state index contributed by atoms with van der Waals surface area (Å²) in [6, 6.07) is 15.9. The van der Waals surface area contributed by atoms with Crippen LogP contribution in [0.2, 0.25) is 0 Å². The zero-order chi connectivity index (χ0) is 21.7. The van der Waals surface area contributed by atoms with Crippen molar-refractivity contribution in [3.05, 3.63) is 60.2 Å². The molecule has 2 aromatic carbocycles. The van der Waals surface area contributed by atoms with Gasteiger partial charge in [-0.15, -0.1) is 0 Å². The SMILES string of the molecule is CC(=O)SC(CC(=O)N1CCC[C@H]1C(=O)O)C(=O)c1ccc(-c2ccccc2)cc1. The first-order chi connectivity index (χ1) is 14.4. The highest BCUT2D eigenvalue weighted by atomic mass is 32.2. The van der Waals surface area contributed by atoms with Gasteiger partial charge in [0, 0.05) is 25.5 Å². The molecule has 1 aliphatic rings. The maximum atomic E-state index is 13.0. The molecule has 1 amide bonds. The van der Waals surface area contributed by atoms with Crippen molar-refractivity contribution in [2.24, 2.45) is 0 Å². The minimum absolute atomic E-state index is 0.201. The van der Waals surface area contributed by atoms with Crippen molar-refractivity contribution in [3.63, 3.8) is 0 Å². The van der Waals surface area contributed by atoms with E-state index in [1.165, 1.54) is 11.8 Å². The number of thioether (sulfide) groups is 1. The minimum atomic E-state index is -1.04. The second kappa shape index (κ2) is 9.71. The van der Waals surface area contributed by atoms with E-state index < -0.39 is 23.2 Å². The molecule has 0 aromatic heterocycles. The molecule has 2 aromatic rings. The lowest BCUT2D eigenvalue weighted by atomic mass is 10.0. The fourth-order valence-electron chi connectivity index (χ4n) is 3.63. The number of carbonyl (C=O) groups is 4. The van der Waals surface area contributed by atoms with Crippen LogP contribution in [-0.2, 0) is 14.4 Å². The van der Waals surface area contributed by atoms with Gasteiger partial charge in [0.1, 0.15) is 6.04 Å². The van der Waals surface area contributed by atoms with E-state index in [2.05, 4.69) is 0 Å². The highest BCUT2D eigenvalue weighted by Gasteiger charge is 2.36. The predicted octanol–water partition coefficient (Wildman–Crippen LogP) is 3.65. The molecule has 0 saturated carbocycles. The number of ketones is 1. The van der Waals surface area contributed by atoms with Crippen molar-refractivity contribution in [2.45, 2.75) is 37.5 Å². The Hall–Kier alpha value is -2.93. The second-order valence-electron chi connectivity index (χ2n) is 7.19. The van der Waals surface area contributed by atoms with Crippen molar-refractivity contribution in [1.29, 1.82) is 0 Å². The Balaban J connectivity index is 1.76. The van der Waals surface area contributed by atoms with Crippen LogP contribution >= 0.6 is 11.8 Å². The number of hydrogen-bond acceptors (Lipinski definition) is 5. The van der Waals surface area contributed by atoms with Crippen LogP contribution in [0, 0.1) is 0 Å². The van der Waals surface area contributed by atoms with Crippen LogP contribution in [0.1, 0.15) is 36.5 Å². The fourth-order valence-corrected chi connectivity index (χ4v) is 4.50. The monoisotopic (exact) mass is 425 g/mol. The number of hydrogen-bond donors (Lipinski definition) is 1. The van der Waals surface area contributed by atoms with Gasteiger partial charge >= 0.3 is 5.97 Å². The molecule has 1 fully saturated rings. The molecule has 1 unspecified atom stereocenters. The molecule has 6 nitrogen and oxygen atoms in total. The number of rotatable bonds is 7. The lowest BCUT2D eigenvalue weighted by Gasteiger charge is -2.23. The Kier molecular flexibility index (Phi) is 7.05. The summed E-state index contributed by atoms with van der Waals surface area (Å²) in [6.07, 6.45) is 0.815. The first-order valence-corrected chi connectivity index (χ1v) is 10.6. The van der Waals surface area contributed by atoms with Crippen LogP contribution < -0.4 is 0 Å². The Labute approximate surface area is 179 Å². The van der Waals surface area contributed by atoms with Crippen molar-refractivity contribution >= 4 is 34.5 Å². The highest BCUT2D eigenvalue weighted by Crippen LogP contribution is 2.26. The molecule has 7 heteroatoms. The standard InChI is InChI=1S/C23H23NO5S/c1-15(25)30-20(14-21(26)24-13-5-8-19(24)23(28)29)22(27)18-11-9-17(10-12-18)16-6-3-2-4-7-16/h2-4,6-7,9-12,19-20H,5,8,13-14H2,1H3,(H,28,29)/t19-,20?/m0/s1. The summed E-state index contributed by atoms with van der Waals surface area (Å²) in [6.45, 7) is 1.71. The summed E-state index contributed by atoms with van der Waals surface area (Å²) in [5.41, 5.74) is 2.40. The quantitative estimate of drug-likeness (QED) is 0.681. The molecule has 1 saturated heterocycles. The average molecular weight is 426 g/mol. The maximum Gasteiger partial charge on any atom is 0.326 e. The Bertz CT molecular complexity index is 942. The molecule has 1 aliphatic heterocycles. The van der Waals surface area contributed by atoms with E-state index in [1.807, 2.05) is 42.5 Å². The summed E-state index contributed by atoms with van der Waals surface area (Å²) >= 11 is 0.816. The number of Topliss-reactive ketones (excluding diaryl/α,β-unsaturated/α-hetero) is 1. The van der Waals surface area contributed by atoms with Gasteiger partial charge in [-0.25, -0.2) is 4.79 Å². The molecule has 0 bridgehead atoms. The van der Waals surface area contributed by atoms with E-state index in [-0.39, 0.29) is 17.3 Å². The Morgan fingerprint density at radius 1 is 1.03 bits per heavy atom. The average Bonchev–Trinajstić information content (AvgIpc) is 3.24. The molecule has 30 heavy (non-hydrogen) atoms. The van der Waals surface area contributed by atoms with Crippen LogP contribution in [-0.4, -0.2) is 50.6 Å². The van der Waals surface area contributed by atoms with Crippen molar-refractivity contribution in [1.82, 2.24) is 4.90 Å². The largest absolute Gasteiger partial charge is 0.480 e. The molecule has 156 valence electrons. The third-order valence-electron chi connectivity index (χ3n) is 5.10. The van der Waals surface area contributed by atoms with Crippen LogP contribution in [0.25, 0.3) is 11.1 Å². The van der Waals surface area contributed by atoms with Crippen molar-refractivity contribution < 1.29 is 24.3 Å². The molecule has 1 heterocycles. The first kappa shape index (κ1) is 21.8. The van der Waals surface area contributed by atoms with Crippen LogP contribution in [0.15, 0.2) is 54.6 Å². The topological polar surface area (TPSA) is 91.8 Å². The Morgan fingerprint density at radius 2 is 1.67 bits per heavy atom. The fraction of sp³-hybridized carbons (Fsp3) is 0.304. The number of likely N-dealkylation sites (tertiary alicyclic amines) is 1. The van der Waals surface area contributed by atoms with Gasteiger partial charge in [-0.3, -0.25) is 14.4 Å². The number of carbonyl (C=O) groups excluding carboxylic acids is 3. The van der Waals surface area contributed by atoms with E-state index in [1.54, 1.807) is 12.1 Å². The summed E-state index contributed by atoms with van der Waals surface area (Å²) in [5, 5.41) is 8.15. The maximum absolute atomic E-state index is 13.0. The normalized spacial score (nSPS) is 16.8. The first-order valence-electron chi connectivity index (χ1n) is 9.76. The summed E-state index contributed by atoms with van der Waals surface area (Å²) < 4.78 is 0. The second-order valence-corrected chi connectivity index (χ2v) is 8.57. The van der Waals surface area contributed by atoms with Gasteiger partial charge in [-0.05, 0) is 24.0 Å². The van der Waals surface area contributed by atoms with E-state index in [4.69, 9.17) is 0 Å². The molecule has 1 N–H and O–H groups in total. The van der Waals surface area contributed by atoms with Crippen LogP contribution in [0.4, 0.5) is 0 Å². The molecule has 2 atom stereocenters. The predicted molar refractivity (Wildman–Crippen MR) is 115 cm³/mol. The van der Waals surface area contributed by atoms with Crippen LogP contribution in [0.3, 0.4) is 0 Å². The van der Waals surface area contributed by atoms with E-state index >= 15 is 0 Å². The lowest BCUT2D eigenvalue weighted by Crippen LogP contribution is -2.42. The summed E-state index contributed by atoms with van der Waals surface area (Å²) in [5.74, 6) is -1.76.